The van der Waals surface area contributed by atoms with Gasteiger partial charge in [-0.3, -0.25) is 4.90 Å². The van der Waals surface area contributed by atoms with Crippen molar-refractivity contribution in [2.24, 2.45) is 5.41 Å². The van der Waals surface area contributed by atoms with Gasteiger partial charge in [0.05, 0.1) is 12.2 Å². The molecule has 2 rings (SSSR count). The Morgan fingerprint density at radius 3 is 2.76 bits per heavy atom. The molecule has 0 amide bonds. The molecule has 0 spiro atoms. The van der Waals surface area contributed by atoms with Crippen molar-refractivity contribution in [3.05, 3.63) is 0 Å². The lowest BCUT2D eigenvalue weighted by molar-refractivity contribution is -0.0939. The molecule has 2 fully saturated rings. The van der Waals surface area contributed by atoms with Gasteiger partial charge in [-0.2, -0.15) is 0 Å². The van der Waals surface area contributed by atoms with Gasteiger partial charge in [0.1, 0.15) is 0 Å². The van der Waals surface area contributed by atoms with Crippen molar-refractivity contribution in [2.75, 3.05) is 39.3 Å². The van der Waals surface area contributed by atoms with Gasteiger partial charge in [0.2, 0.25) is 0 Å². The van der Waals surface area contributed by atoms with E-state index < -0.39 is 0 Å². The van der Waals surface area contributed by atoms with Crippen LogP contribution in [-0.4, -0.2) is 49.8 Å². The summed E-state index contributed by atoms with van der Waals surface area (Å²) in [5.41, 5.74) is 0.569. The average Bonchev–Trinajstić information content (AvgIpc) is 2.65. The summed E-state index contributed by atoms with van der Waals surface area (Å²) in [6.07, 6.45) is 4.01. The number of nitrogens with zero attached hydrogens (tertiary/aromatic N) is 1. The number of ether oxygens (including phenoxy) is 1. The van der Waals surface area contributed by atoms with Crippen LogP contribution in [0.15, 0.2) is 0 Å². The Kier molecular flexibility index (Phi) is 4.11. The molecular formula is C14H28N2O. The second-order valence-corrected chi connectivity index (χ2v) is 6.50. The number of rotatable bonds is 4. The molecule has 1 unspecified atom stereocenters. The fraction of sp³-hybridized carbons (Fsp3) is 1.00. The summed E-state index contributed by atoms with van der Waals surface area (Å²) in [7, 11) is 0. The Morgan fingerprint density at radius 2 is 2.18 bits per heavy atom. The predicted octanol–water partition coefficient (Wildman–Crippen LogP) is 1.88. The van der Waals surface area contributed by atoms with Gasteiger partial charge in [-0.1, -0.05) is 13.3 Å². The van der Waals surface area contributed by atoms with E-state index in [0.717, 1.165) is 19.7 Å². The average molecular weight is 240 g/mol. The maximum absolute atomic E-state index is 5.80. The van der Waals surface area contributed by atoms with Crippen LogP contribution in [0, 0.1) is 5.41 Å². The Bertz CT molecular complexity index is 247. The molecule has 2 aliphatic heterocycles. The van der Waals surface area contributed by atoms with Crippen LogP contribution in [0.5, 0.6) is 0 Å². The third-order valence-electron chi connectivity index (χ3n) is 4.18. The van der Waals surface area contributed by atoms with Crippen molar-refractivity contribution in [2.45, 2.75) is 45.6 Å². The molecule has 0 radical (unpaired) electrons. The van der Waals surface area contributed by atoms with Gasteiger partial charge in [0.25, 0.3) is 0 Å². The molecule has 0 aromatic carbocycles. The van der Waals surface area contributed by atoms with Crippen molar-refractivity contribution in [3.8, 4) is 0 Å². The molecule has 3 nitrogen and oxygen atoms in total. The van der Waals surface area contributed by atoms with E-state index in [1.54, 1.807) is 0 Å². The van der Waals surface area contributed by atoms with Crippen LogP contribution >= 0.6 is 0 Å². The van der Waals surface area contributed by atoms with Gasteiger partial charge in [-0.15, -0.1) is 0 Å². The highest BCUT2D eigenvalue weighted by Crippen LogP contribution is 2.33. The quantitative estimate of drug-likeness (QED) is 0.812. The predicted molar refractivity (Wildman–Crippen MR) is 71.3 cm³/mol. The standard InChI is InChI=1S/C14H28N2O/c1-4-5-14(6-7-15-10-14)12-16-8-9-17-13(2,3)11-16/h15H,4-12H2,1-3H3. The molecule has 100 valence electrons. The summed E-state index contributed by atoms with van der Waals surface area (Å²) in [6, 6.07) is 0. The molecule has 0 bridgehead atoms. The summed E-state index contributed by atoms with van der Waals surface area (Å²) in [4.78, 5) is 2.62. The van der Waals surface area contributed by atoms with E-state index in [2.05, 4.69) is 31.0 Å². The molecule has 2 heterocycles. The zero-order valence-corrected chi connectivity index (χ0v) is 11.7. The Hall–Kier alpha value is -0.120. The largest absolute Gasteiger partial charge is 0.373 e. The third-order valence-corrected chi connectivity index (χ3v) is 4.18. The maximum Gasteiger partial charge on any atom is 0.0753 e. The van der Waals surface area contributed by atoms with Crippen molar-refractivity contribution in [3.63, 3.8) is 0 Å². The minimum absolute atomic E-state index is 0.0394. The molecule has 0 saturated carbocycles. The monoisotopic (exact) mass is 240 g/mol. The van der Waals surface area contributed by atoms with Crippen molar-refractivity contribution < 1.29 is 4.74 Å². The summed E-state index contributed by atoms with van der Waals surface area (Å²) in [5.74, 6) is 0. The van der Waals surface area contributed by atoms with E-state index in [1.807, 2.05) is 0 Å². The molecule has 2 aliphatic rings. The number of hydrogen-bond acceptors (Lipinski definition) is 3. The summed E-state index contributed by atoms with van der Waals surface area (Å²) in [5, 5.41) is 3.55. The topological polar surface area (TPSA) is 24.5 Å². The van der Waals surface area contributed by atoms with Crippen molar-refractivity contribution >= 4 is 0 Å². The maximum atomic E-state index is 5.80. The molecule has 0 aliphatic carbocycles. The lowest BCUT2D eigenvalue weighted by Crippen LogP contribution is -2.52. The van der Waals surface area contributed by atoms with Crippen molar-refractivity contribution in [1.29, 1.82) is 0 Å². The Labute approximate surface area is 106 Å². The van der Waals surface area contributed by atoms with E-state index in [9.17, 15) is 0 Å². The van der Waals surface area contributed by atoms with E-state index in [0.29, 0.717) is 5.41 Å². The zero-order chi connectivity index (χ0) is 12.4. The molecule has 17 heavy (non-hydrogen) atoms. The van der Waals surface area contributed by atoms with Crippen LogP contribution in [-0.2, 0) is 4.74 Å². The van der Waals surface area contributed by atoms with Gasteiger partial charge in [0, 0.05) is 26.2 Å². The van der Waals surface area contributed by atoms with Gasteiger partial charge >= 0.3 is 0 Å². The molecule has 1 atom stereocenters. The summed E-state index contributed by atoms with van der Waals surface area (Å²) < 4.78 is 5.80. The van der Waals surface area contributed by atoms with Crippen LogP contribution in [0.3, 0.4) is 0 Å². The van der Waals surface area contributed by atoms with Crippen LogP contribution in [0.25, 0.3) is 0 Å². The summed E-state index contributed by atoms with van der Waals surface area (Å²) >= 11 is 0. The van der Waals surface area contributed by atoms with E-state index in [4.69, 9.17) is 4.74 Å². The van der Waals surface area contributed by atoms with E-state index in [-0.39, 0.29) is 5.60 Å². The van der Waals surface area contributed by atoms with E-state index >= 15 is 0 Å². The Morgan fingerprint density at radius 1 is 1.35 bits per heavy atom. The molecule has 3 heteroatoms. The normalized spacial score (nSPS) is 34.1. The molecule has 0 aromatic rings. The highest BCUT2D eigenvalue weighted by Gasteiger charge is 2.37. The highest BCUT2D eigenvalue weighted by atomic mass is 16.5. The minimum Gasteiger partial charge on any atom is -0.373 e. The minimum atomic E-state index is 0.0394. The fourth-order valence-corrected chi connectivity index (χ4v) is 3.48. The first kappa shape index (κ1) is 13.3. The van der Waals surface area contributed by atoms with Crippen LogP contribution in [0.2, 0.25) is 0 Å². The lowest BCUT2D eigenvalue weighted by atomic mass is 9.81. The third kappa shape index (κ3) is 3.43. The molecular weight excluding hydrogens is 212 g/mol. The smallest absolute Gasteiger partial charge is 0.0753 e. The van der Waals surface area contributed by atoms with Gasteiger partial charge in [-0.05, 0) is 38.6 Å². The Balaban J connectivity index is 1.93. The fourth-order valence-electron chi connectivity index (χ4n) is 3.48. The van der Waals surface area contributed by atoms with Gasteiger partial charge < -0.3 is 10.1 Å². The second-order valence-electron chi connectivity index (χ2n) is 6.50. The van der Waals surface area contributed by atoms with E-state index in [1.165, 1.54) is 38.9 Å². The lowest BCUT2D eigenvalue weighted by Gasteiger charge is -2.42. The molecule has 2 saturated heterocycles. The van der Waals surface area contributed by atoms with Gasteiger partial charge in [-0.25, -0.2) is 0 Å². The second kappa shape index (κ2) is 5.25. The number of hydrogen-bond donors (Lipinski definition) is 1. The van der Waals surface area contributed by atoms with Crippen LogP contribution < -0.4 is 5.32 Å². The van der Waals surface area contributed by atoms with Crippen LogP contribution in [0.1, 0.15) is 40.0 Å². The first-order valence-corrected chi connectivity index (χ1v) is 7.12. The van der Waals surface area contributed by atoms with Crippen LogP contribution in [0.4, 0.5) is 0 Å². The summed E-state index contributed by atoms with van der Waals surface area (Å²) in [6.45, 7) is 13.5. The number of morpholine rings is 1. The number of nitrogens with one attached hydrogen (secondary N) is 1. The first-order valence-electron chi connectivity index (χ1n) is 7.12. The first-order chi connectivity index (χ1) is 8.05. The SMILES string of the molecule is CCCC1(CN2CCOC(C)(C)C2)CCNC1. The highest BCUT2D eigenvalue weighted by molar-refractivity contribution is 4.92. The zero-order valence-electron chi connectivity index (χ0n) is 11.7. The van der Waals surface area contributed by atoms with Gasteiger partial charge in [0.15, 0.2) is 0 Å². The molecule has 1 N–H and O–H groups in total. The molecule has 0 aromatic heterocycles. The van der Waals surface area contributed by atoms with Crippen molar-refractivity contribution in [1.82, 2.24) is 10.2 Å².